The summed E-state index contributed by atoms with van der Waals surface area (Å²) in [7, 11) is 0. The molecule has 1 aliphatic rings. The van der Waals surface area contributed by atoms with Crippen molar-refractivity contribution in [1.82, 2.24) is 10.2 Å². The number of rotatable bonds is 3. The number of piperazine rings is 1. The number of phenols is 1. The SMILES string of the molecule is O=C(COc1ccccc1O)N1CCNCC1. The van der Waals surface area contributed by atoms with Gasteiger partial charge in [0.05, 0.1) is 0 Å². The molecule has 0 unspecified atom stereocenters. The summed E-state index contributed by atoms with van der Waals surface area (Å²) in [5, 5.41) is 12.7. The van der Waals surface area contributed by atoms with Crippen LogP contribution in [0.15, 0.2) is 24.3 Å². The van der Waals surface area contributed by atoms with E-state index < -0.39 is 0 Å². The summed E-state index contributed by atoms with van der Waals surface area (Å²) < 4.78 is 5.29. The molecule has 0 aliphatic carbocycles. The Morgan fingerprint density at radius 3 is 2.76 bits per heavy atom. The number of para-hydroxylation sites is 2. The molecule has 0 atom stereocenters. The van der Waals surface area contributed by atoms with Crippen LogP contribution in [0.4, 0.5) is 0 Å². The third-order valence-electron chi connectivity index (χ3n) is 2.69. The van der Waals surface area contributed by atoms with Crippen LogP contribution in [0.2, 0.25) is 0 Å². The van der Waals surface area contributed by atoms with Gasteiger partial charge >= 0.3 is 0 Å². The monoisotopic (exact) mass is 236 g/mol. The highest BCUT2D eigenvalue weighted by Gasteiger charge is 2.16. The normalized spacial score (nSPS) is 15.6. The molecule has 0 saturated carbocycles. The van der Waals surface area contributed by atoms with Crippen molar-refractivity contribution in [2.75, 3.05) is 32.8 Å². The number of hydrogen-bond acceptors (Lipinski definition) is 4. The maximum Gasteiger partial charge on any atom is 0.260 e. The second-order valence-corrected chi connectivity index (χ2v) is 3.89. The second-order valence-electron chi connectivity index (χ2n) is 3.89. The van der Waals surface area contributed by atoms with Crippen LogP contribution < -0.4 is 10.1 Å². The number of hydrogen-bond donors (Lipinski definition) is 2. The first kappa shape index (κ1) is 11.7. The molecule has 1 aromatic carbocycles. The summed E-state index contributed by atoms with van der Waals surface area (Å²) in [6, 6.07) is 6.63. The number of amides is 1. The quantitative estimate of drug-likeness (QED) is 0.787. The van der Waals surface area contributed by atoms with Gasteiger partial charge in [0.2, 0.25) is 0 Å². The van der Waals surface area contributed by atoms with Crippen molar-refractivity contribution in [2.45, 2.75) is 0 Å². The molecular weight excluding hydrogens is 220 g/mol. The number of nitrogens with one attached hydrogen (secondary N) is 1. The van der Waals surface area contributed by atoms with Gasteiger partial charge in [-0.1, -0.05) is 12.1 Å². The van der Waals surface area contributed by atoms with Crippen LogP contribution in [-0.4, -0.2) is 48.7 Å². The van der Waals surface area contributed by atoms with Gasteiger partial charge in [-0.05, 0) is 12.1 Å². The Kier molecular flexibility index (Phi) is 3.82. The molecule has 0 bridgehead atoms. The van der Waals surface area contributed by atoms with Crippen molar-refractivity contribution in [1.29, 1.82) is 0 Å². The summed E-state index contributed by atoms with van der Waals surface area (Å²) >= 11 is 0. The molecule has 1 aliphatic heterocycles. The fourth-order valence-corrected chi connectivity index (χ4v) is 1.72. The molecule has 0 aromatic heterocycles. The van der Waals surface area contributed by atoms with Gasteiger partial charge in [-0.25, -0.2) is 0 Å². The van der Waals surface area contributed by atoms with E-state index in [9.17, 15) is 9.90 Å². The molecule has 0 radical (unpaired) electrons. The average Bonchev–Trinajstić information content (AvgIpc) is 2.38. The number of benzene rings is 1. The van der Waals surface area contributed by atoms with Gasteiger partial charge in [-0.15, -0.1) is 0 Å². The number of carbonyl (C=O) groups excluding carboxylic acids is 1. The van der Waals surface area contributed by atoms with E-state index >= 15 is 0 Å². The van der Waals surface area contributed by atoms with Crippen LogP contribution in [0.3, 0.4) is 0 Å². The molecular formula is C12H16N2O3. The van der Waals surface area contributed by atoms with Crippen LogP contribution in [0.1, 0.15) is 0 Å². The highest BCUT2D eigenvalue weighted by molar-refractivity contribution is 5.78. The van der Waals surface area contributed by atoms with E-state index in [1.807, 2.05) is 0 Å². The maximum atomic E-state index is 11.8. The summed E-state index contributed by atoms with van der Waals surface area (Å²) in [5.41, 5.74) is 0. The fraction of sp³-hybridized carbons (Fsp3) is 0.417. The zero-order valence-corrected chi connectivity index (χ0v) is 9.56. The molecule has 1 fully saturated rings. The average molecular weight is 236 g/mol. The van der Waals surface area contributed by atoms with Crippen LogP contribution in [-0.2, 0) is 4.79 Å². The standard InChI is InChI=1S/C12H16N2O3/c15-10-3-1-2-4-11(10)17-9-12(16)14-7-5-13-6-8-14/h1-4,13,15H,5-9H2. The molecule has 2 N–H and O–H groups in total. The number of phenolic OH excluding ortho intramolecular Hbond substituents is 1. The Balaban J connectivity index is 1.85. The lowest BCUT2D eigenvalue weighted by Gasteiger charge is -2.27. The minimum absolute atomic E-state index is 0.0302. The number of aromatic hydroxyl groups is 1. The highest BCUT2D eigenvalue weighted by Crippen LogP contribution is 2.24. The highest BCUT2D eigenvalue weighted by atomic mass is 16.5. The Morgan fingerprint density at radius 1 is 1.35 bits per heavy atom. The molecule has 1 saturated heterocycles. The van der Waals surface area contributed by atoms with E-state index in [1.54, 1.807) is 23.1 Å². The Bertz CT molecular complexity index is 389. The van der Waals surface area contributed by atoms with E-state index in [-0.39, 0.29) is 18.3 Å². The molecule has 0 spiro atoms. The van der Waals surface area contributed by atoms with Gasteiger partial charge in [0.15, 0.2) is 18.1 Å². The smallest absolute Gasteiger partial charge is 0.260 e. The minimum Gasteiger partial charge on any atom is -0.504 e. The van der Waals surface area contributed by atoms with Crippen molar-refractivity contribution in [3.8, 4) is 11.5 Å². The largest absolute Gasteiger partial charge is 0.504 e. The van der Waals surface area contributed by atoms with Crippen molar-refractivity contribution >= 4 is 5.91 Å². The van der Waals surface area contributed by atoms with Crippen LogP contribution in [0, 0.1) is 0 Å². The molecule has 1 aromatic rings. The number of carbonyl (C=O) groups is 1. The first-order valence-corrected chi connectivity index (χ1v) is 5.66. The predicted octanol–water partition coefficient (Wildman–Crippen LogP) is 0.203. The zero-order valence-electron chi connectivity index (χ0n) is 9.56. The van der Waals surface area contributed by atoms with Crippen molar-refractivity contribution in [3.63, 3.8) is 0 Å². The van der Waals surface area contributed by atoms with Gasteiger partial charge in [0.25, 0.3) is 5.91 Å². The Morgan fingerprint density at radius 2 is 2.06 bits per heavy atom. The second kappa shape index (κ2) is 5.54. The van der Waals surface area contributed by atoms with E-state index in [0.29, 0.717) is 18.8 Å². The summed E-state index contributed by atoms with van der Waals surface area (Å²) in [5.74, 6) is 0.353. The van der Waals surface area contributed by atoms with E-state index in [0.717, 1.165) is 13.1 Å². The van der Waals surface area contributed by atoms with Gasteiger partial charge in [-0.2, -0.15) is 0 Å². The minimum atomic E-state index is -0.0465. The van der Waals surface area contributed by atoms with Crippen LogP contribution in [0.25, 0.3) is 0 Å². The van der Waals surface area contributed by atoms with Gasteiger partial charge in [0.1, 0.15) is 0 Å². The lowest BCUT2D eigenvalue weighted by atomic mass is 10.3. The van der Waals surface area contributed by atoms with E-state index in [2.05, 4.69) is 5.32 Å². The Labute approximate surface area is 100.0 Å². The third-order valence-corrected chi connectivity index (χ3v) is 2.69. The summed E-state index contributed by atoms with van der Waals surface area (Å²) in [4.78, 5) is 13.5. The van der Waals surface area contributed by atoms with Crippen molar-refractivity contribution in [3.05, 3.63) is 24.3 Å². The van der Waals surface area contributed by atoms with Crippen LogP contribution >= 0.6 is 0 Å². The molecule has 1 heterocycles. The predicted molar refractivity (Wildman–Crippen MR) is 63.1 cm³/mol. The number of nitrogens with zero attached hydrogens (tertiary/aromatic N) is 1. The molecule has 5 nitrogen and oxygen atoms in total. The van der Waals surface area contributed by atoms with Crippen LogP contribution in [0.5, 0.6) is 11.5 Å². The first-order chi connectivity index (χ1) is 8.27. The summed E-state index contributed by atoms with van der Waals surface area (Å²) in [6.07, 6.45) is 0. The lowest BCUT2D eigenvalue weighted by molar-refractivity contribution is -0.133. The topological polar surface area (TPSA) is 61.8 Å². The lowest BCUT2D eigenvalue weighted by Crippen LogP contribution is -2.47. The molecule has 5 heteroatoms. The van der Waals surface area contributed by atoms with Crippen molar-refractivity contribution in [2.24, 2.45) is 0 Å². The maximum absolute atomic E-state index is 11.8. The van der Waals surface area contributed by atoms with Gasteiger partial charge < -0.3 is 20.1 Å². The summed E-state index contributed by atoms with van der Waals surface area (Å²) in [6.45, 7) is 3.04. The van der Waals surface area contributed by atoms with Gasteiger partial charge in [0, 0.05) is 26.2 Å². The number of ether oxygens (including phenoxy) is 1. The zero-order chi connectivity index (χ0) is 12.1. The third kappa shape index (κ3) is 3.10. The molecule has 2 rings (SSSR count). The fourth-order valence-electron chi connectivity index (χ4n) is 1.72. The molecule has 92 valence electrons. The van der Waals surface area contributed by atoms with E-state index in [1.165, 1.54) is 6.07 Å². The first-order valence-electron chi connectivity index (χ1n) is 5.66. The Hall–Kier alpha value is -1.75. The molecule has 1 amide bonds. The molecule has 17 heavy (non-hydrogen) atoms. The van der Waals surface area contributed by atoms with E-state index in [4.69, 9.17) is 4.74 Å². The van der Waals surface area contributed by atoms with Gasteiger partial charge in [-0.3, -0.25) is 4.79 Å². The van der Waals surface area contributed by atoms with Crippen molar-refractivity contribution < 1.29 is 14.6 Å².